The number of rotatable bonds is 3. The van der Waals surface area contributed by atoms with E-state index in [4.69, 9.17) is 34.0 Å². The Hall–Kier alpha value is -1.01. The standard InChI is InChI=1S/C9H17NO2.C7H7Cl2NO/c1-8-3-2-5-10(7-8)9(12)4-6-11;8-5-1-4(3-10)7(11)2-6(5)9/h8,11H,2-7H2,1H3;1-2,11H,3,10H2/t8-;/m0./s1. The Kier molecular flexibility index (Phi) is 8.69. The number of hydrogen-bond donors (Lipinski definition) is 3. The van der Waals surface area contributed by atoms with Crippen LogP contribution in [0.4, 0.5) is 0 Å². The summed E-state index contributed by atoms with van der Waals surface area (Å²) in [5.41, 5.74) is 5.90. The summed E-state index contributed by atoms with van der Waals surface area (Å²) in [4.78, 5) is 13.2. The van der Waals surface area contributed by atoms with Crippen LogP contribution in [0.3, 0.4) is 0 Å². The van der Waals surface area contributed by atoms with E-state index in [1.54, 1.807) is 6.07 Å². The van der Waals surface area contributed by atoms with Crippen molar-refractivity contribution in [3.8, 4) is 5.75 Å². The van der Waals surface area contributed by atoms with Gasteiger partial charge in [-0.1, -0.05) is 30.1 Å². The van der Waals surface area contributed by atoms with Crippen LogP contribution < -0.4 is 5.73 Å². The molecule has 0 aromatic heterocycles. The van der Waals surface area contributed by atoms with Gasteiger partial charge in [0.15, 0.2) is 0 Å². The van der Waals surface area contributed by atoms with Gasteiger partial charge in [-0.05, 0) is 24.8 Å². The molecule has 0 bridgehead atoms. The summed E-state index contributed by atoms with van der Waals surface area (Å²) >= 11 is 11.3. The zero-order valence-electron chi connectivity index (χ0n) is 13.3. The topological polar surface area (TPSA) is 86.8 Å². The number of carbonyl (C=O) groups excluding carboxylic acids is 1. The molecule has 1 atom stereocenters. The van der Waals surface area contributed by atoms with E-state index in [9.17, 15) is 9.90 Å². The van der Waals surface area contributed by atoms with Gasteiger partial charge in [0.05, 0.1) is 16.7 Å². The zero-order chi connectivity index (χ0) is 17.4. The van der Waals surface area contributed by atoms with Gasteiger partial charge in [0.2, 0.25) is 5.91 Å². The smallest absolute Gasteiger partial charge is 0.224 e. The number of phenolic OH excluding ortho intramolecular Hbond substituents is 1. The van der Waals surface area contributed by atoms with Crippen molar-refractivity contribution in [3.05, 3.63) is 27.7 Å². The Balaban J connectivity index is 0.000000231. The predicted octanol–water partition coefficient (Wildman–Crippen LogP) is 2.79. The molecular formula is C16H24Cl2N2O3. The Morgan fingerprint density at radius 3 is 2.61 bits per heavy atom. The van der Waals surface area contributed by atoms with Gasteiger partial charge in [0.25, 0.3) is 0 Å². The van der Waals surface area contributed by atoms with Crippen molar-refractivity contribution >= 4 is 29.1 Å². The number of nitrogens with two attached hydrogens (primary N) is 1. The summed E-state index contributed by atoms with van der Waals surface area (Å²) in [5, 5.41) is 18.5. The molecule has 2 rings (SSSR count). The van der Waals surface area contributed by atoms with Gasteiger partial charge in [-0.25, -0.2) is 0 Å². The first kappa shape index (κ1) is 20.0. The summed E-state index contributed by atoms with van der Waals surface area (Å²) in [6.07, 6.45) is 2.62. The van der Waals surface area contributed by atoms with E-state index in [0.29, 0.717) is 21.5 Å². The number of phenols is 1. The third-order valence-corrected chi connectivity index (χ3v) is 4.40. The van der Waals surface area contributed by atoms with Crippen molar-refractivity contribution in [2.24, 2.45) is 11.7 Å². The summed E-state index contributed by atoms with van der Waals surface area (Å²) in [5.74, 6) is 0.812. The highest BCUT2D eigenvalue weighted by Gasteiger charge is 2.19. The van der Waals surface area contributed by atoms with Crippen LogP contribution in [0.5, 0.6) is 5.75 Å². The molecule has 0 radical (unpaired) electrons. The molecule has 5 nitrogen and oxygen atoms in total. The summed E-state index contributed by atoms with van der Waals surface area (Å²) < 4.78 is 0. The minimum Gasteiger partial charge on any atom is -0.508 e. The fourth-order valence-corrected chi connectivity index (χ4v) is 2.75. The molecule has 0 saturated carbocycles. The monoisotopic (exact) mass is 362 g/mol. The number of aliphatic hydroxyl groups is 1. The van der Waals surface area contributed by atoms with Crippen LogP contribution in [-0.4, -0.2) is 40.7 Å². The van der Waals surface area contributed by atoms with E-state index < -0.39 is 0 Å². The Morgan fingerprint density at radius 1 is 1.39 bits per heavy atom. The van der Waals surface area contributed by atoms with Crippen LogP contribution in [-0.2, 0) is 11.3 Å². The van der Waals surface area contributed by atoms with Gasteiger partial charge in [-0.3, -0.25) is 4.79 Å². The van der Waals surface area contributed by atoms with Crippen molar-refractivity contribution in [2.75, 3.05) is 19.7 Å². The molecule has 0 spiro atoms. The number of aromatic hydroxyl groups is 1. The van der Waals surface area contributed by atoms with E-state index in [2.05, 4.69) is 6.92 Å². The maximum Gasteiger partial charge on any atom is 0.224 e. The van der Waals surface area contributed by atoms with Gasteiger partial charge < -0.3 is 20.8 Å². The van der Waals surface area contributed by atoms with Crippen LogP contribution in [0.2, 0.25) is 10.0 Å². The second-order valence-electron chi connectivity index (χ2n) is 5.66. The lowest BCUT2D eigenvalue weighted by Gasteiger charge is -2.30. The molecule has 0 unspecified atom stereocenters. The largest absolute Gasteiger partial charge is 0.508 e. The molecule has 1 aliphatic rings. The lowest BCUT2D eigenvalue weighted by Crippen LogP contribution is -2.39. The quantitative estimate of drug-likeness (QED) is 0.771. The number of carbonyl (C=O) groups is 1. The number of benzene rings is 1. The first-order valence-electron chi connectivity index (χ1n) is 7.64. The Morgan fingerprint density at radius 2 is 2.04 bits per heavy atom. The number of aliphatic hydroxyl groups excluding tert-OH is 1. The van der Waals surface area contributed by atoms with Crippen molar-refractivity contribution in [1.82, 2.24) is 4.90 Å². The fourth-order valence-electron chi connectivity index (χ4n) is 2.41. The number of piperidine rings is 1. The van der Waals surface area contributed by atoms with Gasteiger partial charge in [-0.15, -0.1) is 0 Å². The van der Waals surface area contributed by atoms with Crippen molar-refractivity contribution in [2.45, 2.75) is 32.7 Å². The minimum absolute atomic E-state index is 0.0241. The van der Waals surface area contributed by atoms with Gasteiger partial charge >= 0.3 is 0 Å². The third kappa shape index (κ3) is 6.55. The molecule has 23 heavy (non-hydrogen) atoms. The highest BCUT2D eigenvalue weighted by atomic mass is 35.5. The van der Waals surface area contributed by atoms with Crippen LogP contribution in [0.15, 0.2) is 12.1 Å². The van der Waals surface area contributed by atoms with Crippen LogP contribution in [0.1, 0.15) is 31.7 Å². The van der Waals surface area contributed by atoms with Crippen molar-refractivity contribution in [1.29, 1.82) is 0 Å². The third-order valence-electron chi connectivity index (χ3n) is 3.68. The summed E-state index contributed by atoms with van der Waals surface area (Å²) in [6.45, 7) is 4.15. The average molecular weight is 363 g/mol. The van der Waals surface area contributed by atoms with E-state index in [0.717, 1.165) is 19.5 Å². The summed E-state index contributed by atoms with van der Waals surface area (Å²) in [7, 11) is 0. The molecule has 4 N–H and O–H groups in total. The Labute approximate surface area is 147 Å². The first-order chi connectivity index (χ1) is 10.9. The number of amides is 1. The molecule has 130 valence electrons. The molecule has 1 aliphatic heterocycles. The molecule has 1 aromatic rings. The fraction of sp³-hybridized carbons (Fsp3) is 0.562. The van der Waals surface area contributed by atoms with Crippen LogP contribution in [0.25, 0.3) is 0 Å². The molecule has 1 heterocycles. The van der Waals surface area contributed by atoms with Crippen molar-refractivity contribution < 1.29 is 15.0 Å². The predicted molar refractivity (Wildman–Crippen MR) is 92.7 cm³/mol. The Bertz CT molecular complexity index is 526. The molecular weight excluding hydrogens is 339 g/mol. The van der Waals surface area contributed by atoms with E-state index in [-0.39, 0.29) is 31.2 Å². The molecule has 1 fully saturated rings. The molecule has 1 amide bonds. The summed E-state index contributed by atoms with van der Waals surface area (Å²) in [6, 6.07) is 2.94. The van der Waals surface area contributed by atoms with Gasteiger partial charge in [-0.2, -0.15) is 0 Å². The number of hydrogen-bond acceptors (Lipinski definition) is 4. The minimum atomic E-state index is -0.0241. The van der Waals surface area contributed by atoms with Gasteiger partial charge in [0.1, 0.15) is 5.75 Å². The SMILES string of the molecule is C[C@H]1CCCN(C(=O)CCO)C1.NCc1cc(Cl)c(Cl)cc1O. The lowest BCUT2D eigenvalue weighted by atomic mass is 10.0. The number of likely N-dealkylation sites (tertiary alicyclic amines) is 1. The van der Waals surface area contributed by atoms with Crippen molar-refractivity contribution in [3.63, 3.8) is 0 Å². The second kappa shape index (κ2) is 9.98. The molecule has 1 saturated heterocycles. The second-order valence-corrected chi connectivity index (χ2v) is 6.47. The van der Waals surface area contributed by atoms with Gasteiger partial charge in [0, 0.05) is 37.7 Å². The van der Waals surface area contributed by atoms with Crippen LogP contribution in [0, 0.1) is 5.92 Å². The normalized spacial score (nSPS) is 17.4. The molecule has 0 aliphatic carbocycles. The highest BCUT2D eigenvalue weighted by molar-refractivity contribution is 6.42. The van der Waals surface area contributed by atoms with E-state index in [1.165, 1.54) is 12.5 Å². The highest BCUT2D eigenvalue weighted by Crippen LogP contribution is 2.29. The maximum absolute atomic E-state index is 11.3. The average Bonchev–Trinajstić information content (AvgIpc) is 2.52. The number of halogens is 2. The first-order valence-corrected chi connectivity index (χ1v) is 8.40. The molecule has 7 heteroatoms. The number of nitrogens with zero attached hydrogens (tertiary/aromatic N) is 1. The zero-order valence-corrected chi connectivity index (χ0v) is 14.8. The van der Waals surface area contributed by atoms with E-state index in [1.807, 2.05) is 4.90 Å². The maximum atomic E-state index is 11.3. The van der Waals surface area contributed by atoms with E-state index >= 15 is 0 Å². The lowest BCUT2D eigenvalue weighted by molar-refractivity contribution is -0.133. The molecule has 1 aromatic carbocycles. The van der Waals surface area contributed by atoms with Crippen LogP contribution >= 0.6 is 23.2 Å².